The second-order valence-electron chi connectivity index (χ2n) is 11.7. The lowest BCUT2D eigenvalue weighted by Gasteiger charge is -2.24. The SMILES string of the molecule is C\C=C/C(=C\C=C\N(C(/C=C\CCC)=C\C1=CC=C(C2=CC=CCC2)CC1)c1ccc(-c2ccccc2)cc1)C1=CCCC=C1. The van der Waals surface area contributed by atoms with Gasteiger partial charge in [0.2, 0.25) is 0 Å². The Labute approximate surface area is 271 Å². The van der Waals surface area contributed by atoms with Crippen LogP contribution in [-0.4, -0.2) is 0 Å². The minimum Gasteiger partial charge on any atom is -0.317 e. The fraction of sp³-hybridized carbons (Fsp3) is 0.227. The summed E-state index contributed by atoms with van der Waals surface area (Å²) in [4.78, 5) is 2.34. The van der Waals surface area contributed by atoms with Crippen LogP contribution >= 0.6 is 0 Å². The lowest BCUT2D eigenvalue weighted by Crippen LogP contribution is -2.14. The van der Waals surface area contributed by atoms with Crippen molar-refractivity contribution in [3.05, 3.63) is 186 Å². The lowest BCUT2D eigenvalue weighted by atomic mass is 9.89. The van der Waals surface area contributed by atoms with Crippen molar-refractivity contribution < 1.29 is 0 Å². The molecule has 0 saturated heterocycles. The van der Waals surface area contributed by atoms with E-state index in [4.69, 9.17) is 0 Å². The van der Waals surface area contributed by atoms with Gasteiger partial charge in [0, 0.05) is 17.6 Å². The third kappa shape index (κ3) is 9.19. The Kier molecular flexibility index (Phi) is 12.0. The van der Waals surface area contributed by atoms with E-state index in [1.54, 1.807) is 0 Å². The molecule has 2 aromatic rings. The van der Waals surface area contributed by atoms with Crippen LogP contribution in [0.15, 0.2) is 186 Å². The van der Waals surface area contributed by atoms with Crippen LogP contribution in [0.2, 0.25) is 0 Å². The van der Waals surface area contributed by atoms with E-state index in [0.29, 0.717) is 0 Å². The maximum Gasteiger partial charge on any atom is 0.0455 e. The first-order valence-corrected chi connectivity index (χ1v) is 16.7. The van der Waals surface area contributed by atoms with Crippen molar-refractivity contribution in [2.45, 2.75) is 65.2 Å². The van der Waals surface area contributed by atoms with Crippen LogP contribution in [0.1, 0.15) is 65.2 Å². The molecule has 0 N–H and O–H groups in total. The summed E-state index contributed by atoms with van der Waals surface area (Å²) in [6, 6.07) is 19.6. The molecule has 0 fully saturated rings. The molecule has 45 heavy (non-hydrogen) atoms. The highest BCUT2D eigenvalue weighted by molar-refractivity contribution is 5.68. The highest BCUT2D eigenvalue weighted by atomic mass is 15.1. The first-order chi connectivity index (χ1) is 22.2. The minimum atomic E-state index is 1.05. The van der Waals surface area contributed by atoms with E-state index >= 15 is 0 Å². The summed E-state index contributed by atoms with van der Waals surface area (Å²) < 4.78 is 0. The van der Waals surface area contributed by atoms with Crippen LogP contribution in [0.25, 0.3) is 11.1 Å². The van der Waals surface area contributed by atoms with Gasteiger partial charge >= 0.3 is 0 Å². The molecule has 0 saturated carbocycles. The summed E-state index contributed by atoms with van der Waals surface area (Å²) in [7, 11) is 0. The van der Waals surface area contributed by atoms with E-state index < -0.39 is 0 Å². The van der Waals surface area contributed by atoms with Crippen LogP contribution < -0.4 is 4.90 Å². The number of hydrogen-bond acceptors (Lipinski definition) is 1. The average molecular weight is 590 g/mol. The molecule has 0 heterocycles. The highest BCUT2D eigenvalue weighted by Crippen LogP contribution is 2.32. The van der Waals surface area contributed by atoms with Crippen molar-refractivity contribution >= 4 is 5.69 Å². The normalized spacial score (nSPS) is 17.6. The molecule has 3 aliphatic rings. The molecule has 0 radical (unpaired) electrons. The summed E-state index contributed by atoms with van der Waals surface area (Å²) in [5.41, 5.74) is 11.6. The van der Waals surface area contributed by atoms with E-state index in [1.807, 2.05) is 0 Å². The van der Waals surface area contributed by atoms with Gasteiger partial charge in [0.1, 0.15) is 0 Å². The third-order valence-electron chi connectivity index (χ3n) is 8.40. The maximum atomic E-state index is 2.38. The van der Waals surface area contributed by atoms with Gasteiger partial charge in [-0.2, -0.15) is 0 Å². The Bertz CT molecular complexity index is 1620. The number of unbranched alkanes of at least 4 members (excludes halogenated alkanes) is 1. The molecule has 0 spiro atoms. The van der Waals surface area contributed by atoms with E-state index in [-0.39, 0.29) is 0 Å². The smallest absolute Gasteiger partial charge is 0.0455 e. The zero-order valence-corrected chi connectivity index (χ0v) is 27.0. The lowest BCUT2D eigenvalue weighted by molar-refractivity contribution is 0.880. The Hall–Kier alpha value is -4.62. The van der Waals surface area contributed by atoms with Gasteiger partial charge < -0.3 is 4.90 Å². The number of nitrogens with zero attached hydrogens (tertiary/aromatic N) is 1. The molecule has 0 unspecified atom stereocenters. The molecule has 0 aliphatic heterocycles. The van der Waals surface area contributed by atoms with E-state index in [0.717, 1.165) is 57.1 Å². The fourth-order valence-electron chi connectivity index (χ4n) is 5.92. The number of rotatable bonds is 12. The van der Waals surface area contributed by atoms with Crippen molar-refractivity contribution in [2.75, 3.05) is 4.90 Å². The van der Waals surface area contributed by atoms with Gasteiger partial charge in [-0.25, -0.2) is 0 Å². The Morgan fingerprint density at radius 2 is 1.62 bits per heavy atom. The van der Waals surface area contributed by atoms with Gasteiger partial charge in [-0.3, -0.25) is 0 Å². The zero-order chi connectivity index (χ0) is 31.1. The van der Waals surface area contributed by atoms with Gasteiger partial charge in [-0.05, 0) is 121 Å². The van der Waals surface area contributed by atoms with Crippen molar-refractivity contribution in [1.82, 2.24) is 0 Å². The summed E-state index contributed by atoms with van der Waals surface area (Å²) in [5, 5.41) is 0. The molecular weight excluding hydrogens is 542 g/mol. The van der Waals surface area contributed by atoms with Crippen LogP contribution in [0.4, 0.5) is 5.69 Å². The van der Waals surface area contributed by atoms with Crippen molar-refractivity contribution in [3.8, 4) is 11.1 Å². The largest absolute Gasteiger partial charge is 0.317 e. The van der Waals surface area contributed by atoms with Gasteiger partial charge in [-0.15, -0.1) is 0 Å². The predicted octanol–water partition coefficient (Wildman–Crippen LogP) is 12.6. The number of hydrogen-bond donors (Lipinski definition) is 0. The monoisotopic (exact) mass is 589 g/mol. The van der Waals surface area contributed by atoms with E-state index in [2.05, 4.69) is 171 Å². The van der Waals surface area contributed by atoms with Crippen LogP contribution in [0.5, 0.6) is 0 Å². The van der Waals surface area contributed by atoms with Crippen molar-refractivity contribution in [1.29, 1.82) is 0 Å². The number of anilines is 1. The van der Waals surface area contributed by atoms with Gasteiger partial charge in [-0.1, -0.05) is 129 Å². The molecule has 0 bridgehead atoms. The standard InChI is InChI=1S/C44H47N/c1-3-5-9-25-44(35-36-26-28-41(29-27-36)39-20-12-7-13-21-39)45(34-16-24-37(17-4-2)38-18-10-6-11-19-38)43-32-30-42(31-33-43)40-22-14-8-15-23-40/h4,7-10,12,14-20,22-26,28,30-35H,3,5-6,11,13,21,27,29H2,1-2H3/b17-4-,25-9-,34-16+,37-24+,44-35-. The maximum absolute atomic E-state index is 2.38. The molecule has 3 aliphatic carbocycles. The summed E-state index contributed by atoms with van der Waals surface area (Å²) in [6.07, 6.45) is 45.1. The van der Waals surface area contributed by atoms with Crippen molar-refractivity contribution in [2.24, 2.45) is 0 Å². The van der Waals surface area contributed by atoms with E-state index in [1.165, 1.54) is 44.7 Å². The topological polar surface area (TPSA) is 3.24 Å². The molecule has 228 valence electrons. The second-order valence-corrected chi connectivity index (χ2v) is 11.7. The van der Waals surface area contributed by atoms with Crippen LogP contribution in [0, 0.1) is 0 Å². The number of benzene rings is 2. The van der Waals surface area contributed by atoms with Gasteiger partial charge in [0.15, 0.2) is 0 Å². The molecule has 1 nitrogen and oxygen atoms in total. The fourth-order valence-corrected chi connectivity index (χ4v) is 5.92. The Balaban J connectivity index is 1.53. The minimum absolute atomic E-state index is 1.05. The number of allylic oxidation sites excluding steroid dienone is 20. The first-order valence-electron chi connectivity index (χ1n) is 16.7. The molecule has 0 atom stereocenters. The van der Waals surface area contributed by atoms with Crippen LogP contribution in [0.3, 0.4) is 0 Å². The summed E-state index contributed by atoms with van der Waals surface area (Å²) >= 11 is 0. The Morgan fingerprint density at radius 3 is 2.31 bits per heavy atom. The first kappa shape index (κ1) is 31.8. The second kappa shape index (κ2) is 17.0. The predicted molar refractivity (Wildman–Crippen MR) is 197 cm³/mol. The molecular formula is C44H47N. The quantitative estimate of drug-likeness (QED) is 0.223. The zero-order valence-electron chi connectivity index (χ0n) is 27.0. The summed E-state index contributed by atoms with van der Waals surface area (Å²) in [5.74, 6) is 0. The highest BCUT2D eigenvalue weighted by Gasteiger charge is 2.13. The molecule has 0 aromatic heterocycles. The average Bonchev–Trinajstić information content (AvgIpc) is 3.11. The van der Waals surface area contributed by atoms with Crippen LogP contribution in [-0.2, 0) is 0 Å². The van der Waals surface area contributed by atoms with Gasteiger partial charge in [0.25, 0.3) is 0 Å². The Morgan fingerprint density at radius 1 is 0.800 bits per heavy atom. The summed E-state index contributed by atoms with van der Waals surface area (Å²) in [6.45, 7) is 4.32. The molecule has 5 rings (SSSR count). The van der Waals surface area contributed by atoms with Crippen molar-refractivity contribution in [3.63, 3.8) is 0 Å². The molecule has 0 amide bonds. The third-order valence-corrected chi connectivity index (χ3v) is 8.40. The molecule has 1 heteroatoms. The van der Waals surface area contributed by atoms with Gasteiger partial charge in [0.05, 0.1) is 0 Å². The molecule has 2 aromatic carbocycles. The van der Waals surface area contributed by atoms with E-state index in [9.17, 15) is 0 Å².